The van der Waals surface area contributed by atoms with Crippen LogP contribution in [0.2, 0.25) is 0 Å². The van der Waals surface area contributed by atoms with Gasteiger partial charge in [-0.2, -0.15) is 0 Å². The van der Waals surface area contributed by atoms with Gasteiger partial charge in [-0.25, -0.2) is 4.79 Å². The van der Waals surface area contributed by atoms with Crippen LogP contribution in [-0.2, 0) is 16.1 Å². The molecule has 0 aliphatic rings. The Kier molecular flexibility index (Phi) is 7.05. The maximum absolute atomic E-state index is 12.2. The van der Waals surface area contributed by atoms with Gasteiger partial charge in [-0.15, -0.1) is 0 Å². The van der Waals surface area contributed by atoms with E-state index in [1.807, 2.05) is 31.2 Å². The Balaban J connectivity index is 1.92. The highest BCUT2D eigenvalue weighted by atomic mass is 16.5. The van der Waals surface area contributed by atoms with Crippen molar-refractivity contribution in [3.05, 3.63) is 53.1 Å². The standard InChI is InChI=1S/C20H23NO6/c1-13-17(25-3)9-15(10-18(13)26-4)20(23)27-12-19(22)21-11-14-6-5-7-16(8-14)24-2/h5-10H,11-12H2,1-4H3,(H,21,22). The number of methoxy groups -OCH3 is 3. The Hall–Kier alpha value is -3.22. The molecule has 0 aromatic heterocycles. The third kappa shape index (κ3) is 5.37. The lowest BCUT2D eigenvalue weighted by atomic mass is 10.1. The van der Waals surface area contributed by atoms with E-state index in [1.54, 1.807) is 19.2 Å². The number of benzene rings is 2. The lowest BCUT2D eigenvalue weighted by Crippen LogP contribution is -2.28. The van der Waals surface area contributed by atoms with Gasteiger partial charge in [0.25, 0.3) is 5.91 Å². The highest BCUT2D eigenvalue weighted by molar-refractivity contribution is 5.92. The minimum Gasteiger partial charge on any atom is -0.497 e. The quantitative estimate of drug-likeness (QED) is 0.716. The van der Waals surface area contributed by atoms with E-state index in [0.29, 0.717) is 23.8 Å². The summed E-state index contributed by atoms with van der Waals surface area (Å²) in [5.41, 5.74) is 1.89. The van der Waals surface area contributed by atoms with Crippen LogP contribution in [0.4, 0.5) is 0 Å². The molecule has 2 rings (SSSR count). The highest BCUT2D eigenvalue weighted by Gasteiger charge is 2.16. The molecule has 0 aliphatic heterocycles. The summed E-state index contributed by atoms with van der Waals surface area (Å²) < 4.78 is 20.7. The van der Waals surface area contributed by atoms with Crippen molar-refractivity contribution < 1.29 is 28.5 Å². The second-order valence-electron chi connectivity index (χ2n) is 5.71. The Morgan fingerprint density at radius 3 is 2.22 bits per heavy atom. The topological polar surface area (TPSA) is 83.1 Å². The SMILES string of the molecule is COc1cccc(CNC(=O)COC(=O)c2cc(OC)c(C)c(OC)c2)c1. The Morgan fingerprint density at radius 2 is 1.63 bits per heavy atom. The maximum Gasteiger partial charge on any atom is 0.338 e. The Bertz CT molecular complexity index is 793. The van der Waals surface area contributed by atoms with Crippen LogP contribution in [0.3, 0.4) is 0 Å². The second-order valence-corrected chi connectivity index (χ2v) is 5.71. The van der Waals surface area contributed by atoms with Crippen molar-refractivity contribution in [2.45, 2.75) is 13.5 Å². The van der Waals surface area contributed by atoms with Gasteiger partial charge in [-0.3, -0.25) is 4.79 Å². The fourth-order valence-corrected chi connectivity index (χ4v) is 2.45. The van der Waals surface area contributed by atoms with Gasteiger partial charge < -0.3 is 24.3 Å². The molecule has 1 amide bonds. The smallest absolute Gasteiger partial charge is 0.338 e. The number of carbonyl (C=O) groups is 2. The first-order valence-electron chi connectivity index (χ1n) is 8.27. The molecule has 0 saturated heterocycles. The zero-order chi connectivity index (χ0) is 19.8. The average molecular weight is 373 g/mol. The molecule has 0 heterocycles. The third-order valence-corrected chi connectivity index (χ3v) is 3.95. The van der Waals surface area contributed by atoms with Crippen LogP contribution in [0, 0.1) is 6.92 Å². The lowest BCUT2D eigenvalue weighted by molar-refractivity contribution is -0.124. The van der Waals surface area contributed by atoms with Crippen molar-refractivity contribution in [1.82, 2.24) is 5.32 Å². The molecule has 7 nitrogen and oxygen atoms in total. The predicted octanol–water partition coefficient (Wildman–Crippen LogP) is 2.49. The van der Waals surface area contributed by atoms with E-state index in [-0.39, 0.29) is 12.2 Å². The lowest BCUT2D eigenvalue weighted by Gasteiger charge is -2.12. The first kappa shape index (κ1) is 20.1. The van der Waals surface area contributed by atoms with Gasteiger partial charge in [0.1, 0.15) is 17.2 Å². The molecular formula is C20H23NO6. The van der Waals surface area contributed by atoms with Crippen LogP contribution >= 0.6 is 0 Å². The number of hydrogen-bond donors (Lipinski definition) is 1. The summed E-state index contributed by atoms with van der Waals surface area (Å²) in [5, 5.41) is 2.69. The number of ether oxygens (including phenoxy) is 4. The van der Waals surface area contributed by atoms with Crippen molar-refractivity contribution in [3.8, 4) is 17.2 Å². The van der Waals surface area contributed by atoms with Crippen LogP contribution in [0.1, 0.15) is 21.5 Å². The fourth-order valence-electron chi connectivity index (χ4n) is 2.45. The minimum absolute atomic E-state index is 0.245. The van der Waals surface area contributed by atoms with Gasteiger partial charge in [-0.05, 0) is 36.8 Å². The Labute approximate surface area is 158 Å². The van der Waals surface area contributed by atoms with Gasteiger partial charge in [0.15, 0.2) is 6.61 Å². The van der Waals surface area contributed by atoms with E-state index in [0.717, 1.165) is 11.1 Å². The largest absolute Gasteiger partial charge is 0.497 e. The van der Waals surface area contributed by atoms with Crippen LogP contribution in [0.25, 0.3) is 0 Å². The van der Waals surface area contributed by atoms with Crippen molar-refractivity contribution in [2.75, 3.05) is 27.9 Å². The molecule has 0 saturated carbocycles. The number of nitrogens with one attached hydrogen (secondary N) is 1. The monoisotopic (exact) mass is 373 g/mol. The molecule has 0 atom stereocenters. The van der Waals surface area contributed by atoms with E-state index >= 15 is 0 Å². The molecule has 144 valence electrons. The molecule has 0 aliphatic carbocycles. The second kappa shape index (κ2) is 9.47. The molecule has 0 bridgehead atoms. The van der Waals surface area contributed by atoms with Gasteiger partial charge in [0.2, 0.25) is 0 Å². The third-order valence-electron chi connectivity index (χ3n) is 3.95. The van der Waals surface area contributed by atoms with E-state index in [1.165, 1.54) is 14.2 Å². The first-order valence-corrected chi connectivity index (χ1v) is 8.27. The van der Waals surface area contributed by atoms with Gasteiger partial charge in [-0.1, -0.05) is 12.1 Å². The summed E-state index contributed by atoms with van der Waals surface area (Å²) in [6, 6.07) is 10.4. The summed E-state index contributed by atoms with van der Waals surface area (Å²) in [7, 11) is 4.58. The van der Waals surface area contributed by atoms with Crippen LogP contribution in [-0.4, -0.2) is 39.8 Å². The summed E-state index contributed by atoms with van der Waals surface area (Å²) in [5.74, 6) is 0.670. The van der Waals surface area contributed by atoms with Crippen molar-refractivity contribution in [1.29, 1.82) is 0 Å². The van der Waals surface area contributed by atoms with Gasteiger partial charge in [0.05, 0.1) is 26.9 Å². The normalized spacial score (nSPS) is 10.1. The average Bonchev–Trinajstić information content (AvgIpc) is 2.70. The summed E-state index contributed by atoms with van der Waals surface area (Å²) >= 11 is 0. The van der Waals surface area contributed by atoms with Crippen LogP contribution < -0.4 is 19.5 Å². The summed E-state index contributed by atoms with van der Waals surface area (Å²) in [6.45, 7) is 1.74. The first-order chi connectivity index (χ1) is 13.0. The number of esters is 1. The molecule has 2 aromatic carbocycles. The molecule has 0 unspecified atom stereocenters. The van der Waals surface area contributed by atoms with E-state index in [9.17, 15) is 9.59 Å². The number of amides is 1. The van der Waals surface area contributed by atoms with Crippen LogP contribution in [0.5, 0.6) is 17.2 Å². The highest BCUT2D eigenvalue weighted by Crippen LogP contribution is 2.29. The van der Waals surface area contributed by atoms with Crippen molar-refractivity contribution >= 4 is 11.9 Å². The fraction of sp³-hybridized carbons (Fsp3) is 0.300. The molecule has 0 fully saturated rings. The van der Waals surface area contributed by atoms with E-state index < -0.39 is 11.9 Å². The number of rotatable bonds is 8. The van der Waals surface area contributed by atoms with Crippen molar-refractivity contribution in [3.63, 3.8) is 0 Å². The molecule has 0 radical (unpaired) electrons. The maximum atomic E-state index is 12.2. The molecular weight excluding hydrogens is 350 g/mol. The molecule has 2 aromatic rings. The minimum atomic E-state index is -0.636. The number of carbonyl (C=O) groups excluding carboxylic acids is 2. The van der Waals surface area contributed by atoms with Crippen LogP contribution in [0.15, 0.2) is 36.4 Å². The predicted molar refractivity (Wildman–Crippen MR) is 99.4 cm³/mol. The van der Waals surface area contributed by atoms with Crippen molar-refractivity contribution in [2.24, 2.45) is 0 Å². The number of hydrogen-bond acceptors (Lipinski definition) is 6. The van der Waals surface area contributed by atoms with E-state index in [4.69, 9.17) is 18.9 Å². The molecule has 0 spiro atoms. The molecule has 27 heavy (non-hydrogen) atoms. The summed E-state index contributed by atoms with van der Waals surface area (Å²) in [4.78, 5) is 24.2. The van der Waals surface area contributed by atoms with E-state index in [2.05, 4.69) is 5.32 Å². The van der Waals surface area contributed by atoms with Gasteiger partial charge >= 0.3 is 5.97 Å². The molecule has 1 N–H and O–H groups in total. The summed E-state index contributed by atoms with van der Waals surface area (Å²) in [6.07, 6.45) is 0. The zero-order valence-electron chi connectivity index (χ0n) is 15.8. The van der Waals surface area contributed by atoms with Gasteiger partial charge in [0, 0.05) is 12.1 Å². The Morgan fingerprint density at radius 1 is 0.963 bits per heavy atom. The zero-order valence-corrected chi connectivity index (χ0v) is 15.8. The molecule has 7 heteroatoms.